The molecule has 0 atom stereocenters. The second-order valence-corrected chi connectivity index (χ2v) is 7.65. The van der Waals surface area contributed by atoms with Gasteiger partial charge in [-0.3, -0.25) is 9.88 Å². The molecule has 1 amide bonds. The molecule has 1 heterocycles. The number of nitrogens with zero attached hydrogens (tertiary/aromatic N) is 2. The number of esters is 1. The van der Waals surface area contributed by atoms with Crippen LogP contribution in [-0.4, -0.2) is 36.9 Å². The molecule has 0 saturated carbocycles. The first-order chi connectivity index (χ1) is 13.6. The van der Waals surface area contributed by atoms with Crippen LogP contribution in [0.5, 0.6) is 5.75 Å². The first kappa shape index (κ1) is 22.2. The highest BCUT2D eigenvalue weighted by Gasteiger charge is 2.26. The highest BCUT2D eigenvalue weighted by molar-refractivity contribution is 5.93. The van der Waals surface area contributed by atoms with Crippen LogP contribution in [0.1, 0.15) is 48.0 Å². The lowest BCUT2D eigenvalue weighted by Crippen LogP contribution is -2.37. The summed E-state index contributed by atoms with van der Waals surface area (Å²) in [7, 11) is 2.91. The predicted molar refractivity (Wildman–Crippen MR) is 110 cm³/mol. The monoisotopic (exact) mass is 400 g/mol. The van der Waals surface area contributed by atoms with Gasteiger partial charge in [0.05, 0.1) is 32.0 Å². The number of hydrogen-bond donors (Lipinski definition) is 0. The summed E-state index contributed by atoms with van der Waals surface area (Å²) < 4.78 is 15.8. The Kier molecular flexibility index (Phi) is 6.84. The van der Waals surface area contributed by atoms with Gasteiger partial charge in [0.2, 0.25) is 0 Å². The maximum atomic E-state index is 13.0. The molecule has 2 rings (SSSR count). The topological polar surface area (TPSA) is 78.0 Å². The first-order valence-corrected chi connectivity index (χ1v) is 9.25. The smallest absolute Gasteiger partial charge is 0.415 e. The van der Waals surface area contributed by atoms with Gasteiger partial charge in [-0.15, -0.1) is 0 Å². The Morgan fingerprint density at radius 1 is 1.14 bits per heavy atom. The zero-order valence-electron chi connectivity index (χ0n) is 18.0. The van der Waals surface area contributed by atoms with Crippen LogP contribution in [0.25, 0.3) is 0 Å². The number of pyridine rings is 1. The van der Waals surface area contributed by atoms with E-state index in [9.17, 15) is 9.59 Å². The Labute approximate surface area is 171 Å². The standard InChI is InChI=1S/C22H28N2O5/c1-14-12-23-18(15(2)19(14)27-6)13-24(21(26)29-22(3,4)5)17-10-8-9-16(11-17)20(25)28-7/h8-12H,13H2,1-7H3. The van der Waals surface area contributed by atoms with Crippen LogP contribution in [0.15, 0.2) is 30.5 Å². The SMILES string of the molecule is COC(=O)c1cccc(N(Cc2ncc(C)c(OC)c2C)C(=O)OC(C)(C)C)c1. The van der Waals surface area contributed by atoms with Gasteiger partial charge < -0.3 is 14.2 Å². The zero-order chi connectivity index (χ0) is 21.8. The summed E-state index contributed by atoms with van der Waals surface area (Å²) in [5, 5.41) is 0. The van der Waals surface area contributed by atoms with E-state index in [-0.39, 0.29) is 6.54 Å². The average molecular weight is 400 g/mol. The molecule has 156 valence electrons. The lowest BCUT2D eigenvalue weighted by molar-refractivity contribution is 0.0570. The van der Waals surface area contributed by atoms with Crippen molar-refractivity contribution in [2.75, 3.05) is 19.1 Å². The molecule has 1 aromatic heterocycles. The van der Waals surface area contributed by atoms with Crippen LogP contribution in [0.3, 0.4) is 0 Å². The molecular formula is C22H28N2O5. The van der Waals surface area contributed by atoms with E-state index in [0.717, 1.165) is 16.9 Å². The molecule has 0 aliphatic heterocycles. The van der Waals surface area contributed by atoms with Gasteiger partial charge in [0.1, 0.15) is 11.4 Å². The predicted octanol–water partition coefficient (Wildman–Crippen LogP) is 4.44. The van der Waals surface area contributed by atoms with Gasteiger partial charge in [-0.2, -0.15) is 0 Å². The van der Waals surface area contributed by atoms with Crippen LogP contribution < -0.4 is 9.64 Å². The second-order valence-electron chi connectivity index (χ2n) is 7.65. The summed E-state index contributed by atoms with van der Waals surface area (Å²) in [6.07, 6.45) is 1.17. The van der Waals surface area contributed by atoms with Crippen LogP contribution in [0.4, 0.5) is 10.5 Å². The van der Waals surface area contributed by atoms with Gasteiger partial charge >= 0.3 is 12.1 Å². The van der Waals surface area contributed by atoms with Crippen molar-refractivity contribution in [2.24, 2.45) is 0 Å². The van der Waals surface area contributed by atoms with Crippen molar-refractivity contribution in [2.45, 2.75) is 46.8 Å². The Morgan fingerprint density at radius 2 is 1.83 bits per heavy atom. The summed E-state index contributed by atoms with van der Waals surface area (Å²) in [5.74, 6) is 0.241. The average Bonchev–Trinajstić information content (AvgIpc) is 2.66. The fourth-order valence-corrected chi connectivity index (χ4v) is 2.88. The summed E-state index contributed by atoms with van der Waals surface area (Å²) in [4.78, 5) is 30.8. The fourth-order valence-electron chi connectivity index (χ4n) is 2.88. The summed E-state index contributed by atoms with van der Waals surface area (Å²) in [6, 6.07) is 6.64. The molecule has 0 bridgehead atoms. The molecule has 0 fully saturated rings. The Morgan fingerprint density at radius 3 is 2.41 bits per heavy atom. The van der Waals surface area contributed by atoms with Crippen molar-refractivity contribution in [1.29, 1.82) is 0 Å². The van der Waals surface area contributed by atoms with E-state index in [1.54, 1.807) is 58.3 Å². The second kappa shape index (κ2) is 8.94. The zero-order valence-corrected chi connectivity index (χ0v) is 18.0. The van der Waals surface area contributed by atoms with Crippen LogP contribution in [0.2, 0.25) is 0 Å². The number of carbonyl (C=O) groups is 2. The van der Waals surface area contributed by atoms with Crippen molar-refractivity contribution in [1.82, 2.24) is 4.98 Å². The molecule has 7 nitrogen and oxygen atoms in total. The molecule has 0 saturated heterocycles. The maximum absolute atomic E-state index is 13.0. The van der Waals surface area contributed by atoms with Crippen molar-refractivity contribution in [3.05, 3.63) is 52.8 Å². The number of methoxy groups -OCH3 is 2. The van der Waals surface area contributed by atoms with Crippen molar-refractivity contribution in [3.8, 4) is 5.75 Å². The van der Waals surface area contributed by atoms with E-state index in [0.29, 0.717) is 16.9 Å². The van der Waals surface area contributed by atoms with E-state index in [1.165, 1.54) is 12.0 Å². The first-order valence-electron chi connectivity index (χ1n) is 9.25. The highest BCUT2D eigenvalue weighted by atomic mass is 16.6. The molecule has 0 N–H and O–H groups in total. The van der Waals surface area contributed by atoms with E-state index in [4.69, 9.17) is 14.2 Å². The minimum absolute atomic E-state index is 0.155. The number of aromatic nitrogens is 1. The molecular weight excluding hydrogens is 372 g/mol. The molecule has 29 heavy (non-hydrogen) atoms. The van der Waals surface area contributed by atoms with Gasteiger partial charge in [0.15, 0.2) is 0 Å². The van der Waals surface area contributed by atoms with E-state index in [1.807, 2.05) is 13.8 Å². The number of aryl methyl sites for hydroxylation is 1. The molecule has 0 spiro atoms. The lowest BCUT2D eigenvalue weighted by Gasteiger charge is -2.28. The summed E-state index contributed by atoms with van der Waals surface area (Å²) in [5.41, 5.74) is 2.58. The number of ether oxygens (including phenoxy) is 3. The van der Waals surface area contributed by atoms with Crippen molar-refractivity contribution < 1.29 is 23.8 Å². The summed E-state index contributed by atoms with van der Waals surface area (Å²) >= 11 is 0. The van der Waals surface area contributed by atoms with E-state index >= 15 is 0 Å². The molecule has 0 radical (unpaired) electrons. The van der Waals surface area contributed by atoms with Crippen LogP contribution in [0, 0.1) is 13.8 Å². The number of carbonyl (C=O) groups excluding carboxylic acids is 2. The van der Waals surface area contributed by atoms with Crippen LogP contribution >= 0.6 is 0 Å². The Bertz CT molecular complexity index is 903. The highest BCUT2D eigenvalue weighted by Crippen LogP contribution is 2.27. The minimum atomic E-state index is -0.678. The fraction of sp³-hybridized carbons (Fsp3) is 0.409. The largest absolute Gasteiger partial charge is 0.496 e. The number of anilines is 1. The molecule has 7 heteroatoms. The lowest BCUT2D eigenvalue weighted by atomic mass is 10.1. The van der Waals surface area contributed by atoms with Crippen molar-refractivity contribution in [3.63, 3.8) is 0 Å². The number of hydrogen-bond acceptors (Lipinski definition) is 6. The van der Waals surface area contributed by atoms with Crippen LogP contribution in [-0.2, 0) is 16.0 Å². The third kappa shape index (κ3) is 5.47. The van der Waals surface area contributed by atoms with E-state index in [2.05, 4.69) is 4.98 Å². The van der Waals surface area contributed by atoms with E-state index < -0.39 is 17.7 Å². The summed E-state index contributed by atoms with van der Waals surface area (Å²) in [6.45, 7) is 9.35. The van der Waals surface area contributed by atoms with Crippen molar-refractivity contribution >= 4 is 17.7 Å². The minimum Gasteiger partial charge on any atom is -0.496 e. The number of benzene rings is 1. The maximum Gasteiger partial charge on any atom is 0.415 e. The molecule has 1 aromatic carbocycles. The van der Waals surface area contributed by atoms with Gasteiger partial charge in [0, 0.05) is 23.0 Å². The number of amides is 1. The van der Waals surface area contributed by atoms with Gasteiger partial charge in [-0.05, 0) is 52.8 Å². The normalized spacial score (nSPS) is 11.0. The Balaban J connectivity index is 2.50. The molecule has 0 aliphatic carbocycles. The number of rotatable bonds is 5. The third-order valence-corrected chi connectivity index (χ3v) is 4.25. The van der Waals surface area contributed by atoms with Gasteiger partial charge in [-0.25, -0.2) is 9.59 Å². The molecule has 0 aliphatic rings. The Hall–Kier alpha value is -3.09. The molecule has 2 aromatic rings. The van der Waals surface area contributed by atoms with Gasteiger partial charge in [0.25, 0.3) is 0 Å². The quantitative estimate of drug-likeness (QED) is 0.691. The third-order valence-electron chi connectivity index (χ3n) is 4.25. The molecule has 0 unspecified atom stereocenters. The van der Waals surface area contributed by atoms with Gasteiger partial charge in [-0.1, -0.05) is 6.07 Å².